The van der Waals surface area contributed by atoms with Crippen LogP contribution < -0.4 is 5.56 Å². The van der Waals surface area contributed by atoms with Crippen LogP contribution in [0, 0.1) is 11.3 Å². The van der Waals surface area contributed by atoms with Gasteiger partial charge in [-0.3, -0.25) is 14.3 Å². The molecule has 0 aliphatic carbocycles. The van der Waals surface area contributed by atoms with Crippen molar-refractivity contribution in [2.24, 2.45) is 0 Å². The van der Waals surface area contributed by atoms with Crippen LogP contribution in [0.2, 0.25) is 0 Å². The van der Waals surface area contributed by atoms with E-state index in [0.717, 1.165) is 6.54 Å². The van der Waals surface area contributed by atoms with E-state index in [2.05, 4.69) is 46.3 Å². The SMILES string of the molecule is CN(Cc1ccc2ccccc2c1)Cc1nc2ccccc2c(=O)n1CC#N. The van der Waals surface area contributed by atoms with Gasteiger partial charge in [-0.25, -0.2) is 4.98 Å². The number of benzene rings is 3. The fraction of sp³-hybridized carbons (Fsp3) is 0.174. The Morgan fingerprint density at radius 2 is 1.75 bits per heavy atom. The summed E-state index contributed by atoms with van der Waals surface area (Å²) in [5.74, 6) is 0.605. The Bertz CT molecular complexity index is 1250. The summed E-state index contributed by atoms with van der Waals surface area (Å²) in [6.07, 6.45) is 0. The van der Waals surface area contributed by atoms with E-state index >= 15 is 0 Å². The molecule has 0 unspecified atom stereocenters. The van der Waals surface area contributed by atoms with Crippen molar-refractivity contribution in [3.05, 3.63) is 88.5 Å². The van der Waals surface area contributed by atoms with Crippen LogP contribution in [0.1, 0.15) is 11.4 Å². The summed E-state index contributed by atoms with van der Waals surface area (Å²) in [4.78, 5) is 19.5. The van der Waals surface area contributed by atoms with Crippen molar-refractivity contribution in [3.8, 4) is 6.07 Å². The predicted octanol–water partition coefficient (Wildman–Crippen LogP) is 3.71. The first-order valence-electron chi connectivity index (χ1n) is 9.17. The Hall–Kier alpha value is -3.49. The molecule has 0 N–H and O–H groups in total. The van der Waals surface area contributed by atoms with Crippen molar-refractivity contribution in [1.82, 2.24) is 14.5 Å². The van der Waals surface area contributed by atoms with Gasteiger partial charge in [0, 0.05) is 6.54 Å². The number of nitriles is 1. The van der Waals surface area contributed by atoms with Crippen LogP contribution in [-0.2, 0) is 19.6 Å². The fourth-order valence-corrected chi connectivity index (χ4v) is 3.51. The van der Waals surface area contributed by atoms with Gasteiger partial charge in [0.2, 0.25) is 0 Å². The minimum Gasteiger partial charge on any atom is -0.295 e. The molecular formula is C23H20N4O. The third kappa shape index (κ3) is 3.51. The molecule has 0 atom stereocenters. The molecule has 138 valence electrons. The highest BCUT2D eigenvalue weighted by atomic mass is 16.1. The van der Waals surface area contributed by atoms with Gasteiger partial charge in [-0.1, -0.05) is 48.5 Å². The first kappa shape index (κ1) is 17.9. The standard InChI is InChI=1S/C23H20N4O/c1-26(15-17-10-11-18-6-2-3-7-19(18)14-17)16-22-25-21-9-5-4-8-20(21)23(28)27(22)13-12-24/h2-11,14H,13,15-16H2,1H3. The number of hydrogen-bond acceptors (Lipinski definition) is 4. The number of para-hydroxylation sites is 1. The lowest BCUT2D eigenvalue weighted by molar-refractivity contribution is 0.304. The van der Waals surface area contributed by atoms with Crippen LogP contribution in [0.25, 0.3) is 21.7 Å². The number of rotatable bonds is 5. The zero-order chi connectivity index (χ0) is 19.5. The van der Waals surface area contributed by atoms with E-state index in [0.29, 0.717) is 23.3 Å². The Balaban J connectivity index is 1.63. The Kier molecular flexibility index (Phi) is 4.88. The van der Waals surface area contributed by atoms with Gasteiger partial charge < -0.3 is 0 Å². The van der Waals surface area contributed by atoms with Crippen molar-refractivity contribution in [2.45, 2.75) is 19.6 Å². The van der Waals surface area contributed by atoms with E-state index < -0.39 is 0 Å². The molecule has 0 spiro atoms. The molecule has 0 aliphatic heterocycles. The maximum atomic E-state index is 12.8. The first-order chi connectivity index (χ1) is 13.7. The maximum Gasteiger partial charge on any atom is 0.262 e. The number of fused-ring (bicyclic) bond motifs is 2. The summed E-state index contributed by atoms with van der Waals surface area (Å²) in [5.41, 5.74) is 1.69. The van der Waals surface area contributed by atoms with Crippen molar-refractivity contribution < 1.29 is 0 Å². The van der Waals surface area contributed by atoms with Gasteiger partial charge in [0.25, 0.3) is 5.56 Å². The van der Waals surface area contributed by atoms with Gasteiger partial charge in [-0.15, -0.1) is 0 Å². The molecule has 4 rings (SSSR count). The third-order valence-electron chi connectivity index (χ3n) is 4.85. The molecule has 3 aromatic carbocycles. The van der Waals surface area contributed by atoms with Crippen LogP contribution in [0.4, 0.5) is 0 Å². The average molecular weight is 368 g/mol. The quantitative estimate of drug-likeness (QED) is 0.539. The molecule has 0 saturated carbocycles. The highest BCUT2D eigenvalue weighted by Gasteiger charge is 2.13. The zero-order valence-corrected chi connectivity index (χ0v) is 15.7. The third-order valence-corrected chi connectivity index (χ3v) is 4.85. The average Bonchev–Trinajstić information content (AvgIpc) is 2.71. The van der Waals surface area contributed by atoms with Crippen molar-refractivity contribution >= 4 is 21.7 Å². The second-order valence-electron chi connectivity index (χ2n) is 6.95. The molecule has 28 heavy (non-hydrogen) atoms. The number of aromatic nitrogens is 2. The van der Waals surface area contributed by atoms with Gasteiger partial charge in [0.1, 0.15) is 12.4 Å². The lowest BCUT2D eigenvalue weighted by Gasteiger charge is -2.19. The molecule has 0 aliphatic rings. The van der Waals surface area contributed by atoms with Crippen LogP contribution in [0.3, 0.4) is 0 Å². The highest BCUT2D eigenvalue weighted by molar-refractivity contribution is 5.83. The maximum absolute atomic E-state index is 12.8. The predicted molar refractivity (Wildman–Crippen MR) is 111 cm³/mol. The van der Waals surface area contributed by atoms with E-state index in [9.17, 15) is 4.79 Å². The summed E-state index contributed by atoms with van der Waals surface area (Å²) in [6, 6.07) is 24.0. The molecule has 5 heteroatoms. The van der Waals surface area contributed by atoms with Crippen LogP contribution in [0.15, 0.2) is 71.5 Å². The van der Waals surface area contributed by atoms with Gasteiger partial charge >= 0.3 is 0 Å². The molecule has 0 radical (unpaired) electrons. The van der Waals surface area contributed by atoms with Gasteiger partial charge in [-0.2, -0.15) is 5.26 Å². The van der Waals surface area contributed by atoms with E-state index in [1.165, 1.54) is 20.9 Å². The first-order valence-corrected chi connectivity index (χ1v) is 9.17. The minimum atomic E-state index is -0.166. The van der Waals surface area contributed by atoms with Gasteiger partial charge in [0.05, 0.1) is 23.5 Å². The second-order valence-corrected chi connectivity index (χ2v) is 6.95. The largest absolute Gasteiger partial charge is 0.295 e. The van der Waals surface area contributed by atoms with Crippen molar-refractivity contribution in [3.63, 3.8) is 0 Å². The highest BCUT2D eigenvalue weighted by Crippen LogP contribution is 2.17. The van der Waals surface area contributed by atoms with Crippen LogP contribution in [0.5, 0.6) is 0 Å². The molecule has 1 aromatic heterocycles. The van der Waals surface area contributed by atoms with Gasteiger partial charge in [-0.05, 0) is 41.6 Å². The van der Waals surface area contributed by atoms with Crippen LogP contribution in [-0.4, -0.2) is 21.5 Å². The monoisotopic (exact) mass is 368 g/mol. The van der Waals surface area contributed by atoms with Crippen LogP contribution >= 0.6 is 0 Å². The van der Waals surface area contributed by atoms with E-state index in [1.807, 2.05) is 37.4 Å². The smallest absolute Gasteiger partial charge is 0.262 e. The summed E-state index contributed by atoms with van der Waals surface area (Å²) in [5, 5.41) is 12.1. The summed E-state index contributed by atoms with van der Waals surface area (Å²) >= 11 is 0. The summed E-state index contributed by atoms with van der Waals surface area (Å²) < 4.78 is 1.47. The molecule has 1 heterocycles. The van der Waals surface area contributed by atoms with Gasteiger partial charge in [0.15, 0.2) is 0 Å². The molecule has 0 bridgehead atoms. The number of nitrogens with zero attached hydrogens (tertiary/aromatic N) is 4. The Morgan fingerprint density at radius 3 is 2.57 bits per heavy atom. The number of hydrogen-bond donors (Lipinski definition) is 0. The second kappa shape index (κ2) is 7.63. The Morgan fingerprint density at radius 1 is 1.00 bits per heavy atom. The summed E-state index contributed by atoms with van der Waals surface area (Å²) in [6.45, 7) is 1.20. The normalized spacial score (nSPS) is 11.2. The summed E-state index contributed by atoms with van der Waals surface area (Å²) in [7, 11) is 1.99. The Labute approximate surface area is 163 Å². The van der Waals surface area contributed by atoms with E-state index in [4.69, 9.17) is 5.26 Å². The van der Waals surface area contributed by atoms with E-state index in [-0.39, 0.29) is 12.1 Å². The molecule has 0 amide bonds. The molecule has 0 fully saturated rings. The molecule has 4 aromatic rings. The molecule has 0 saturated heterocycles. The zero-order valence-electron chi connectivity index (χ0n) is 15.7. The lowest BCUT2D eigenvalue weighted by Crippen LogP contribution is -2.29. The molecular weight excluding hydrogens is 348 g/mol. The van der Waals surface area contributed by atoms with Crippen molar-refractivity contribution in [2.75, 3.05) is 7.05 Å². The fourth-order valence-electron chi connectivity index (χ4n) is 3.51. The van der Waals surface area contributed by atoms with E-state index in [1.54, 1.807) is 6.07 Å². The topological polar surface area (TPSA) is 61.9 Å². The lowest BCUT2D eigenvalue weighted by atomic mass is 10.1. The van der Waals surface area contributed by atoms with Crippen molar-refractivity contribution in [1.29, 1.82) is 5.26 Å². The molecule has 5 nitrogen and oxygen atoms in total. The minimum absolute atomic E-state index is 0.00415.